The summed E-state index contributed by atoms with van der Waals surface area (Å²) in [5, 5.41) is 1.21. The third kappa shape index (κ3) is 5.29. The van der Waals surface area contributed by atoms with Gasteiger partial charge in [0.15, 0.2) is 5.75 Å². The number of benzene rings is 2. The molecule has 5 heteroatoms. The number of allylic oxidation sites excluding steroid dienone is 5. The highest BCUT2D eigenvalue weighted by Crippen LogP contribution is 2.38. The Hall–Kier alpha value is -2.86. The second-order valence-electron chi connectivity index (χ2n) is 9.85. The first kappa shape index (κ1) is 23.5. The van der Waals surface area contributed by atoms with E-state index >= 15 is 0 Å². The Kier molecular flexibility index (Phi) is 7.21. The van der Waals surface area contributed by atoms with Gasteiger partial charge in [0.25, 0.3) is 0 Å². The van der Waals surface area contributed by atoms with E-state index in [1.165, 1.54) is 39.8 Å². The first-order chi connectivity index (χ1) is 17.8. The highest BCUT2D eigenvalue weighted by Gasteiger charge is 2.29. The Balaban J connectivity index is 1.15. The molecule has 0 atom stereocenters. The van der Waals surface area contributed by atoms with Crippen molar-refractivity contribution in [2.75, 3.05) is 19.8 Å². The minimum absolute atomic E-state index is 0.566. The number of ether oxygens (including phenoxy) is 1. The van der Waals surface area contributed by atoms with Gasteiger partial charge in [-0.05, 0) is 61.7 Å². The number of hydrogen-bond acceptors (Lipinski definition) is 5. The van der Waals surface area contributed by atoms with Crippen LogP contribution >= 0.6 is 11.8 Å². The third-order valence-corrected chi connectivity index (χ3v) is 8.53. The lowest BCUT2D eigenvalue weighted by molar-refractivity contribution is 0.0250. The number of nitrogens with zero attached hydrogens (tertiary/aromatic N) is 3. The second kappa shape index (κ2) is 11.0. The van der Waals surface area contributed by atoms with Gasteiger partial charge in [0.2, 0.25) is 0 Å². The zero-order valence-corrected chi connectivity index (χ0v) is 21.5. The summed E-state index contributed by atoms with van der Waals surface area (Å²) in [4.78, 5) is 11.2. The Morgan fingerprint density at radius 3 is 2.81 bits per heavy atom. The van der Waals surface area contributed by atoms with Gasteiger partial charge in [0, 0.05) is 46.9 Å². The summed E-state index contributed by atoms with van der Waals surface area (Å²) in [7, 11) is 0. The average molecular weight is 496 g/mol. The maximum atomic E-state index is 6.40. The van der Waals surface area contributed by atoms with Crippen molar-refractivity contribution >= 4 is 22.7 Å². The van der Waals surface area contributed by atoms with Gasteiger partial charge in [-0.3, -0.25) is 14.8 Å². The molecule has 1 fully saturated rings. The molecule has 2 aromatic carbocycles. The number of piperidine rings is 1. The number of likely N-dealkylation sites (tertiary alicyclic amines) is 1. The third-order valence-electron chi connectivity index (χ3n) is 7.44. The van der Waals surface area contributed by atoms with Gasteiger partial charge in [-0.1, -0.05) is 60.7 Å². The molecule has 3 heterocycles. The molecule has 0 amide bonds. The Morgan fingerprint density at radius 2 is 1.92 bits per heavy atom. The number of thioether (sulfide) groups is 1. The molecule has 36 heavy (non-hydrogen) atoms. The molecular formula is C31H33N3OS. The molecule has 4 nitrogen and oxygen atoms in total. The molecule has 1 saturated heterocycles. The molecule has 2 aliphatic heterocycles. The molecular weight excluding hydrogens is 462 g/mol. The molecule has 0 spiro atoms. The monoisotopic (exact) mass is 495 g/mol. The second-order valence-corrected chi connectivity index (χ2v) is 10.9. The van der Waals surface area contributed by atoms with Crippen LogP contribution in [0.25, 0.3) is 10.9 Å². The molecule has 184 valence electrons. The fourth-order valence-electron chi connectivity index (χ4n) is 5.51. The fraction of sp³-hybridized carbons (Fsp3) is 0.323. The van der Waals surface area contributed by atoms with Gasteiger partial charge in [-0.15, -0.1) is 11.8 Å². The van der Waals surface area contributed by atoms with Crippen molar-refractivity contribution in [2.45, 2.75) is 44.1 Å². The first-order valence-electron chi connectivity index (χ1n) is 13.0. The van der Waals surface area contributed by atoms with Crippen molar-refractivity contribution in [3.05, 3.63) is 107 Å². The summed E-state index contributed by atoms with van der Waals surface area (Å²) >= 11 is 1.91. The first-order valence-corrected chi connectivity index (χ1v) is 14.0. The number of pyridine rings is 1. The van der Waals surface area contributed by atoms with Gasteiger partial charge in [-0.25, -0.2) is 0 Å². The van der Waals surface area contributed by atoms with Crippen LogP contribution in [0.2, 0.25) is 0 Å². The van der Waals surface area contributed by atoms with E-state index in [9.17, 15) is 0 Å². The zero-order chi connectivity index (χ0) is 24.2. The standard InChI is InChI=1S/C31H33N3OS/c1-2-7-12-28(11-6-1)36-22-26-19-25-21-34(23-35-31(25)30-29(26)13-8-16-32-30)27-14-17-33(18-15-27)20-24-9-4-3-5-10-24/h1-6,8-13,16,19,27H,7,14-15,17-18,20-23H2. The minimum Gasteiger partial charge on any atom is -0.475 e. The SMILES string of the molecule is C1=CCC=C(SCc2cc3c(c4ncccc24)OCN(C2CCN(Cc4ccccc4)CC2)C3)C=C1. The van der Waals surface area contributed by atoms with Crippen LogP contribution in [0, 0.1) is 0 Å². The van der Waals surface area contributed by atoms with E-state index in [-0.39, 0.29) is 0 Å². The van der Waals surface area contributed by atoms with Crippen molar-refractivity contribution < 1.29 is 4.74 Å². The van der Waals surface area contributed by atoms with Crippen molar-refractivity contribution in [1.82, 2.24) is 14.8 Å². The van der Waals surface area contributed by atoms with Crippen LogP contribution in [0.1, 0.15) is 36.0 Å². The van der Waals surface area contributed by atoms with Crippen LogP contribution in [-0.2, 0) is 18.8 Å². The largest absolute Gasteiger partial charge is 0.475 e. The number of rotatable bonds is 6. The summed E-state index contributed by atoms with van der Waals surface area (Å²) in [5.74, 6) is 1.92. The lowest BCUT2D eigenvalue weighted by atomic mass is 9.99. The van der Waals surface area contributed by atoms with Crippen LogP contribution in [0.3, 0.4) is 0 Å². The molecule has 0 radical (unpaired) electrons. The van der Waals surface area contributed by atoms with Gasteiger partial charge >= 0.3 is 0 Å². The minimum atomic E-state index is 0.566. The van der Waals surface area contributed by atoms with Crippen LogP contribution in [-0.4, -0.2) is 40.6 Å². The fourth-order valence-corrected chi connectivity index (χ4v) is 6.46. The number of aromatic nitrogens is 1. The molecule has 0 saturated carbocycles. The molecule has 1 aliphatic carbocycles. The van der Waals surface area contributed by atoms with Crippen molar-refractivity contribution in [2.24, 2.45) is 0 Å². The van der Waals surface area contributed by atoms with Crippen LogP contribution in [0.4, 0.5) is 0 Å². The van der Waals surface area contributed by atoms with Gasteiger partial charge in [0.05, 0.1) is 0 Å². The van der Waals surface area contributed by atoms with Crippen molar-refractivity contribution in [3.63, 3.8) is 0 Å². The highest BCUT2D eigenvalue weighted by atomic mass is 32.2. The lowest BCUT2D eigenvalue weighted by Crippen LogP contribution is -2.47. The number of hydrogen-bond donors (Lipinski definition) is 0. The highest BCUT2D eigenvalue weighted by molar-refractivity contribution is 8.02. The van der Waals surface area contributed by atoms with E-state index in [1.807, 2.05) is 24.0 Å². The van der Waals surface area contributed by atoms with Crippen LogP contribution in [0.15, 0.2) is 90.0 Å². The van der Waals surface area contributed by atoms with E-state index in [4.69, 9.17) is 9.72 Å². The Labute approximate surface area is 218 Å². The van der Waals surface area contributed by atoms with E-state index in [1.54, 1.807) is 0 Å². The van der Waals surface area contributed by atoms with E-state index in [2.05, 4.69) is 82.6 Å². The summed E-state index contributed by atoms with van der Waals surface area (Å²) in [6, 6.07) is 18.0. The maximum absolute atomic E-state index is 6.40. The predicted octanol–water partition coefficient (Wildman–Crippen LogP) is 6.68. The predicted molar refractivity (Wildman–Crippen MR) is 150 cm³/mol. The van der Waals surface area contributed by atoms with Crippen molar-refractivity contribution in [1.29, 1.82) is 0 Å². The lowest BCUT2D eigenvalue weighted by Gasteiger charge is -2.40. The molecule has 6 rings (SSSR count). The molecule has 3 aromatic rings. The van der Waals surface area contributed by atoms with E-state index in [0.717, 1.165) is 49.6 Å². The van der Waals surface area contributed by atoms with E-state index in [0.29, 0.717) is 12.8 Å². The average Bonchev–Trinajstić information content (AvgIpc) is 3.21. The summed E-state index contributed by atoms with van der Waals surface area (Å²) < 4.78 is 6.40. The van der Waals surface area contributed by atoms with Gasteiger partial charge < -0.3 is 4.74 Å². The van der Waals surface area contributed by atoms with Crippen molar-refractivity contribution in [3.8, 4) is 5.75 Å². The number of fused-ring (bicyclic) bond motifs is 3. The normalized spacial score (nSPS) is 19.1. The summed E-state index contributed by atoms with van der Waals surface area (Å²) in [5.41, 5.74) is 5.04. The van der Waals surface area contributed by atoms with Crippen LogP contribution < -0.4 is 4.74 Å². The smallest absolute Gasteiger partial charge is 0.152 e. The molecule has 0 bridgehead atoms. The molecule has 3 aliphatic rings. The topological polar surface area (TPSA) is 28.6 Å². The Morgan fingerprint density at radius 1 is 1.03 bits per heavy atom. The quantitative estimate of drug-likeness (QED) is 0.380. The Bertz CT molecular complexity index is 1290. The molecule has 0 N–H and O–H groups in total. The van der Waals surface area contributed by atoms with Gasteiger partial charge in [0.1, 0.15) is 12.2 Å². The zero-order valence-electron chi connectivity index (χ0n) is 20.7. The summed E-state index contributed by atoms with van der Waals surface area (Å²) in [6.45, 7) is 4.92. The molecule has 1 aromatic heterocycles. The maximum Gasteiger partial charge on any atom is 0.152 e. The molecule has 0 unspecified atom stereocenters. The summed E-state index contributed by atoms with van der Waals surface area (Å²) in [6.07, 6.45) is 16.2. The van der Waals surface area contributed by atoms with Gasteiger partial charge in [-0.2, -0.15) is 0 Å². The van der Waals surface area contributed by atoms with Crippen LogP contribution in [0.5, 0.6) is 5.75 Å². The van der Waals surface area contributed by atoms with E-state index < -0.39 is 0 Å².